The normalized spacial score (nSPS) is 30.2. The topological polar surface area (TPSA) is 107 Å². The van der Waals surface area contributed by atoms with Crippen molar-refractivity contribution >= 4 is 29.3 Å². The van der Waals surface area contributed by atoms with E-state index in [1.807, 2.05) is 31.2 Å². The fourth-order valence-corrected chi connectivity index (χ4v) is 9.68. The Morgan fingerprint density at radius 1 is 0.857 bits per heavy atom. The number of amides is 4. The molecule has 0 bridgehead atoms. The van der Waals surface area contributed by atoms with Gasteiger partial charge in [0.15, 0.2) is 0 Å². The Morgan fingerprint density at radius 3 is 2.24 bits per heavy atom. The third-order valence-electron chi connectivity index (χ3n) is 12.0. The molecule has 0 spiro atoms. The summed E-state index contributed by atoms with van der Waals surface area (Å²) in [6.45, 7) is 4.30. The lowest BCUT2D eigenvalue weighted by atomic mass is 9.51. The van der Waals surface area contributed by atoms with Gasteiger partial charge in [0.25, 0.3) is 0 Å². The first-order chi connectivity index (χ1) is 23.7. The molecule has 49 heavy (non-hydrogen) atoms. The SMILES string of the molecule is COc1cc(O)ccc1[C@H]1C2=CC[C@@H]3C(=O)N(C4CCN(Cc5ccccc5)CC4)C(=O)[C@@H]3[C@@H]2C[C@H]2C(=O)N(c3ccccc3)C(=O)[C@@]12C. The molecule has 2 aliphatic carbocycles. The first-order valence-corrected chi connectivity index (χ1v) is 17.4. The van der Waals surface area contributed by atoms with Crippen molar-refractivity contribution < 1.29 is 29.0 Å². The number of piperidine rings is 1. The van der Waals surface area contributed by atoms with Gasteiger partial charge >= 0.3 is 0 Å². The molecule has 3 aromatic rings. The van der Waals surface area contributed by atoms with Crippen LogP contribution in [-0.4, -0.2) is 64.8 Å². The largest absolute Gasteiger partial charge is 0.508 e. The zero-order chi connectivity index (χ0) is 34.0. The number of phenolic OH excluding ortho intramolecular Hbond substituents is 1. The number of hydrogen-bond acceptors (Lipinski definition) is 7. The van der Waals surface area contributed by atoms with Crippen molar-refractivity contribution in [3.63, 3.8) is 0 Å². The summed E-state index contributed by atoms with van der Waals surface area (Å²) in [4.78, 5) is 62.9. The number of methoxy groups -OCH3 is 1. The third-order valence-corrected chi connectivity index (χ3v) is 12.0. The van der Waals surface area contributed by atoms with E-state index >= 15 is 0 Å². The second kappa shape index (κ2) is 12.0. The van der Waals surface area contributed by atoms with Gasteiger partial charge in [-0.3, -0.25) is 29.0 Å². The van der Waals surface area contributed by atoms with Crippen LogP contribution >= 0.6 is 0 Å². The summed E-state index contributed by atoms with van der Waals surface area (Å²) in [6.07, 6.45) is 4.21. The van der Waals surface area contributed by atoms with Gasteiger partial charge in [0.2, 0.25) is 23.6 Å². The number of carbonyl (C=O) groups excluding carboxylic acids is 4. The van der Waals surface area contributed by atoms with Gasteiger partial charge in [0.05, 0.1) is 36.0 Å². The summed E-state index contributed by atoms with van der Waals surface area (Å²) in [6, 6.07) is 24.0. The monoisotopic (exact) mass is 659 g/mol. The predicted molar refractivity (Wildman–Crippen MR) is 182 cm³/mol. The van der Waals surface area contributed by atoms with Gasteiger partial charge in [0, 0.05) is 43.2 Å². The molecule has 0 radical (unpaired) electrons. The van der Waals surface area contributed by atoms with Gasteiger partial charge in [-0.05, 0) is 62.3 Å². The fourth-order valence-electron chi connectivity index (χ4n) is 9.68. The number of phenols is 1. The maximum absolute atomic E-state index is 14.6. The summed E-state index contributed by atoms with van der Waals surface area (Å²) >= 11 is 0. The summed E-state index contributed by atoms with van der Waals surface area (Å²) < 4.78 is 5.76. The van der Waals surface area contributed by atoms with Crippen molar-refractivity contribution in [2.24, 2.45) is 29.1 Å². The molecule has 0 unspecified atom stereocenters. The molecule has 252 valence electrons. The predicted octanol–water partition coefficient (Wildman–Crippen LogP) is 5.30. The molecule has 0 aromatic heterocycles. The zero-order valence-corrected chi connectivity index (χ0v) is 27.8. The number of anilines is 1. The molecule has 5 aliphatic rings. The van der Waals surface area contributed by atoms with Gasteiger partial charge < -0.3 is 9.84 Å². The Morgan fingerprint density at radius 2 is 1.55 bits per heavy atom. The molecule has 3 saturated heterocycles. The molecule has 3 aliphatic heterocycles. The molecule has 6 atom stereocenters. The molecule has 3 aromatic carbocycles. The highest BCUT2D eigenvalue weighted by molar-refractivity contribution is 6.24. The van der Waals surface area contributed by atoms with Crippen LogP contribution in [0.25, 0.3) is 0 Å². The average molecular weight is 660 g/mol. The number of aromatic hydroxyl groups is 1. The molecular weight excluding hydrogens is 618 g/mol. The number of likely N-dealkylation sites (tertiary alicyclic amines) is 2. The number of imide groups is 2. The van der Waals surface area contributed by atoms with E-state index in [0.29, 0.717) is 29.8 Å². The number of rotatable bonds is 6. The van der Waals surface area contributed by atoms with E-state index in [-0.39, 0.29) is 35.4 Å². The standard InChI is InChI=1S/C40H41N3O6/c1-40-32(37(46)43(39(40)48)25-11-7-4-8-12-25)22-31-28(35(40)29-14-13-27(44)21-33(29)49-2)15-16-30-34(31)38(47)42(36(30)45)26-17-19-41(20-18-26)23-24-9-5-3-6-10-24/h3-15,21,26,30-32,34-35,44H,16-20,22-23H2,1-2H3/t30-,31+,32-,34-,35+,40+/m0/s1. The number of para-hydroxylation sites is 1. The minimum atomic E-state index is -1.18. The number of ether oxygens (including phenoxy) is 1. The van der Waals surface area contributed by atoms with Gasteiger partial charge in [-0.1, -0.05) is 66.2 Å². The van der Waals surface area contributed by atoms with Crippen molar-refractivity contribution in [2.75, 3.05) is 25.1 Å². The van der Waals surface area contributed by atoms with Crippen LogP contribution in [0.5, 0.6) is 11.5 Å². The Hall–Kier alpha value is -4.76. The minimum Gasteiger partial charge on any atom is -0.508 e. The molecule has 9 nitrogen and oxygen atoms in total. The van der Waals surface area contributed by atoms with E-state index in [9.17, 15) is 24.3 Å². The molecule has 4 fully saturated rings. The van der Waals surface area contributed by atoms with Crippen molar-refractivity contribution in [1.29, 1.82) is 0 Å². The fraction of sp³-hybridized carbons (Fsp3) is 0.400. The quantitative estimate of drug-likeness (QED) is 0.283. The Kier molecular flexibility index (Phi) is 7.70. The number of allylic oxidation sites excluding steroid dienone is 2. The van der Waals surface area contributed by atoms with Gasteiger partial charge in [0.1, 0.15) is 11.5 Å². The van der Waals surface area contributed by atoms with Crippen LogP contribution in [-0.2, 0) is 25.7 Å². The van der Waals surface area contributed by atoms with Crippen LogP contribution in [0.3, 0.4) is 0 Å². The van der Waals surface area contributed by atoms with Crippen LogP contribution in [0.2, 0.25) is 0 Å². The first-order valence-electron chi connectivity index (χ1n) is 17.4. The van der Waals surface area contributed by atoms with Crippen LogP contribution in [0.1, 0.15) is 49.7 Å². The third kappa shape index (κ3) is 4.84. The molecule has 9 heteroatoms. The van der Waals surface area contributed by atoms with Crippen LogP contribution in [0.4, 0.5) is 5.69 Å². The van der Waals surface area contributed by atoms with E-state index in [0.717, 1.165) is 38.0 Å². The second-order valence-corrected chi connectivity index (χ2v) is 14.5. The van der Waals surface area contributed by atoms with E-state index in [2.05, 4.69) is 23.1 Å². The highest BCUT2D eigenvalue weighted by Crippen LogP contribution is 2.64. The first kappa shape index (κ1) is 31.5. The minimum absolute atomic E-state index is 0.0223. The lowest BCUT2D eigenvalue weighted by molar-refractivity contribution is -0.144. The van der Waals surface area contributed by atoms with E-state index in [1.165, 1.54) is 23.6 Å². The maximum Gasteiger partial charge on any atom is 0.241 e. The maximum atomic E-state index is 14.6. The highest BCUT2D eigenvalue weighted by Gasteiger charge is 2.68. The molecule has 4 amide bonds. The number of carbonyl (C=O) groups is 4. The summed E-state index contributed by atoms with van der Waals surface area (Å²) in [5.41, 5.74) is 2.16. The Bertz CT molecular complexity index is 1850. The molecular formula is C40H41N3O6. The molecule has 8 rings (SSSR count). The van der Waals surface area contributed by atoms with E-state index < -0.39 is 35.0 Å². The summed E-state index contributed by atoms with van der Waals surface area (Å²) in [5, 5.41) is 10.4. The van der Waals surface area contributed by atoms with Gasteiger partial charge in [-0.2, -0.15) is 0 Å². The van der Waals surface area contributed by atoms with E-state index in [1.54, 1.807) is 41.3 Å². The summed E-state index contributed by atoms with van der Waals surface area (Å²) in [7, 11) is 1.52. The van der Waals surface area contributed by atoms with Crippen LogP contribution in [0, 0.1) is 29.1 Å². The number of benzene rings is 3. The molecule has 3 heterocycles. The number of nitrogens with zero attached hydrogens (tertiary/aromatic N) is 3. The van der Waals surface area contributed by atoms with Crippen LogP contribution in [0.15, 0.2) is 90.5 Å². The summed E-state index contributed by atoms with van der Waals surface area (Å²) in [5.74, 6) is -3.23. The van der Waals surface area contributed by atoms with Crippen molar-refractivity contribution in [2.45, 2.75) is 51.1 Å². The van der Waals surface area contributed by atoms with E-state index in [4.69, 9.17) is 4.74 Å². The Balaban J connectivity index is 1.14. The lowest BCUT2D eigenvalue weighted by Gasteiger charge is -2.49. The van der Waals surface area contributed by atoms with Crippen molar-refractivity contribution in [1.82, 2.24) is 9.80 Å². The highest BCUT2D eigenvalue weighted by atomic mass is 16.5. The number of hydrogen-bond donors (Lipinski definition) is 1. The van der Waals surface area contributed by atoms with Crippen molar-refractivity contribution in [3.8, 4) is 11.5 Å². The second-order valence-electron chi connectivity index (χ2n) is 14.5. The van der Waals surface area contributed by atoms with Crippen molar-refractivity contribution in [3.05, 3.63) is 102 Å². The Labute approximate surface area is 286 Å². The average Bonchev–Trinajstić information content (AvgIpc) is 3.49. The lowest BCUT2D eigenvalue weighted by Crippen LogP contribution is -2.49. The molecule has 1 saturated carbocycles. The number of fused-ring (bicyclic) bond motifs is 4. The van der Waals surface area contributed by atoms with Gasteiger partial charge in [-0.15, -0.1) is 0 Å². The smallest absolute Gasteiger partial charge is 0.241 e. The zero-order valence-electron chi connectivity index (χ0n) is 27.8. The molecule has 1 N–H and O–H groups in total. The van der Waals surface area contributed by atoms with Crippen LogP contribution < -0.4 is 9.64 Å². The van der Waals surface area contributed by atoms with Gasteiger partial charge in [-0.25, -0.2) is 4.90 Å².